The third kappa shape index (κ3) is 4.77. The van der Waals surface area contributed by atoms with Crippen LogP contribution in [0.3, 0.4) is 0 Å². The van der Waals surface area contributed by atoms with E-state index < -0.39 is 0 Å². The minimum atomic E-state index is -0.343. The lowest BCUT2D eigenvalue weighted by Gasteiger charge is -2.45. The number of ether oxygens (including phenoxy) is 1. The van der Waals surface area contributed by atoms with Gasteiger partial charge in [-0.1, -0.05) is 12.1 Å². The maximum absolute atomic E-state index is 15.5. The predicted octanol–water partition coefficient (Wildman–Crippen LogP) is 3.46. The van der Waals surface area contributed by atoms with E-state index in [1.54, 1.807) is 6.07 Å². The molecular formula is C29H34FN7O2. The lowest BCUT2D eigenvalue weighted by Crippen LogP contribution is -2.53. The second kappa shape index (κ2) is 10.3. The Morgan fingerprint density at radius 2 is 1.87 bits per heavy atom. The Balaban J connectivity index is 1.27. The molecule has 0 amide bonds. The van der Waals surface area contributed by atoms with Crippen LogP contribution in [0.2, 0.25) is 0 Å². The SMILES string of the molecule is O=c1[nH]c2cc(NCCN3CCOCC3)c(F)cc2c(N[C@H]2CN3CCC2CC3)c1-c1nc2ccccc2[nH]1. The summed E-state index contributed by atoms with van der Waals surface area (Å²) in [7, 11) is 0. The lowest BCUT2D eigenvalue weighted by molar-refractivity contribution is 0.0398. The summed E-state index contributed by atoms with van der Waals surface area (Å²) in [5.74, 6) is 0.666. The summed E-state index contributed by atoms with van der Waals surface area (Å²) >= 11 is 0. The maximum atomic E-state index is 15.5. The summed E-state index contributed by atoms with van der Waals surface area (Å²) in [5.41, 5.74) is 3.43. The van der Waals surface area contributed by atoms with Crippen molar-refractivity contribution in [2.45, 2.75) is 18.9 Å². The molecule has 1 atom stereocenters. The first-order chi connectivity index (χ1) is 19.1. The van der Waals surface area contributed by atoms with E-state index in [2.05, 4.69) is 30.4 Å². The van der Waals surface area contributed by atoms with Gasteiger partial charge in [-0.05, 0) is 56.1 Å². The van der Waals surface area contributed by atoms with Gasteiger partial charge in [0.05, 0.1) is 41.1 Å². The van der Waals surface area contributed by atoms with Crippen LogP contribution in [0, 0.1) is 11.7 Å². The number of H-pyrrole nitrogens is 2. The number of hydrogen-bond acceptors (Lipinski definition) is 7. The molecule has 204 valence electrons. The van der Waals surface area contributed by atoms with Crippen molar-refractivity contribution in [2.75, 3.05) is 69.7 Å². The van der Waals surface area contributed by atoms with Crippen molar-refractivity contribution in [3.05, 3.63) is 52.6 Å². The minimum Gasteiger partial charge on any atom is -0.381 e. The summed E-state index contributed by atoms with van der Waals surface area (Å²) in [4.78, 5) is 29.5. The van der Waals surface area contributed by atoms with Gasteiger partial charge in [-0.25, -0.2) is 9.37 Å². The van der Waals surface area contributed by atoms with Crippen molar-refractivity contribution in [3.8, 4) is 11.4 Å². The first-order valence-electron chi connectivity index (χ1n) is 14.0. The van der Waals surface area contributed by atoms with Gasteiger partial charge in [0.15, 0.2) is 0 Å². The molecule has 0 radical (unpaired) electrons. The fourth-order valence-electron chi connectivity index (χ4n) is 6.39. The van der Waals surface area contributed by atoms with E-state index in [1.807, 2.05) is 24.3 Å². The van der Waals surface area contributed by atoms with Crippen LogP contribution in [0.15, 0.2) is 41.2 Å². The van der Waals surface area contributed by atoms with Gasteiger partial charge in [0.2, 0.25) is 0 Å². The molecule has 8 rings (SSSR count). The Labute approximate surface area is 225 Å². The van der Waals surface area contributed by atoms with Gasteiger partial charge < -0.3 is 30.2 Å². The quantitative estimate of drug-likeness (QED) is 0.290. The maximum Gasteiger partial charge on any atom is 0.261 e. The Hall–Kier alpha value is -3.47. The van der Waals surface area contributed by atoms with E-state index in [0.29, 0.717) is 46.1 Å². The molecule has 9 nitrogen and oxygen atoms in total. The van der Waals surface area contributed by atoms with Crippen LogP contribution in [0.4, 0.5) is 15.8 Å². The van der Waals surface area contributed by atoms with Crippen LogP contribution in [0.5, 0.6) is 0 Å². The molecule has 39 heavy (non-hydrogen) atoms. The van der Waals surface area contributed by atoms with Gasteiger partial charge in [0.25, 0.3) is 5.56 Å². The number of fused-ring (bicyclic) bond motifs is 5. The van der Waals surface area contributed by atoms with Crippen LogP contribution in [0.25, 0.3) is 33.3 Å². The summed E-state index contributed by atoms with van der Waals surface area (Å²) in [6.07, 6.45) is 2.26. The van der Waals surface area contributed by atoms with Crippen molar-refractivity contribution in [2.24, 2.45) is 5.92 Å². The van der Waals surface area contributed by atoms with Crippen molar-refractivity contribution < 1.29 is 9.13 Å². The Kier molecular flexibility index (Phi) is 6.46. The Bertz CT molecular complexity index is 1520. The summed E-state index contributed by atoms with van der Waals surface area (Å²) in [6, 6.07) is 11.2. The van der Waals surface area contributed by atoms with Gasteiger partial charge >= 0.3 is 0 Å². The van der Waals surface area contributed by atoms with E-state index in [-0.39, 0.29) is 17.4 Å². The topological polar surface area (TPSA) is 101 Å². The van der Waals surface area contributed by atoms with Crippen molar-refractivity contribution in [1.29, 1.82) is 0 Å². The molecule has 4 saturated heterocycles. The molecule has 4 aliphatic heterocycles. The molecular weight excluding hydrogens is 497 g/mol. The van der Waals surface area contributed by atoms with Gasteiger partial charge in [-0.15, -0.1) is 0 Å². The summed E-state index contributed by atoms with van der Waals surface area (Å²) in [6.45, 7) is 7.78. The van der Waals surface area contributed by atoms with Crippen LogP contribution in [-0.4, -0.2) is 89.8 Å². The fraction of sp³-hybridized carbons (Fsp3) is 0.448. The number of imidazole rings is 1. The molecule has 4 aromatic rings. The third-order valence-electron chi connectivity index (χ3n) is 8.56. The fourth-order valence-corrected chi connectivity index (χ4v) is 6.39. The number of rotatable bonds is 7. The molecule has 10 heteroatoms. The highest BCUT2D eigenvalue weighted by Crippen LogP contribution is 2.37. The number of halogens is 1. The Morgan fingerprint density at radius 1 is 1.05 bits per heavy atom. The van der Waals surface area contributed by atoms with Crippen molar-refractivity contribution in [3.63, 3.8) is 0 Å². The van der Waals surface area contributed by atoms with Crippen LogP contribution in [-0.2, 0) is 4.74 Å². The van der Waals surface area contributed by atoms with Crippen molar-refractivity contribution >= 4 is 33.3 Å². The zero-order valence-corrected chi connectivity index (χ0v) is 21.9. The molecule has 4 aliphatic rings. The summed E-state index contributed by atoms with van der Waals surface area (Å²) in [5, 5.41) is 7.60. The smallest absolute Gasteiger partial charge is 0.261 e. The monoisotopic (exact) mass is 531 g/mol. The van der Waals surface area contributed by atoms with Gasteiger partial charge in [0, 0.05) is 44.2 Å². The van der Waals surface area contributed by atoms with E-state index in [0.717, 1.165) is 76.4 Å². The summed E-state index contributed by atoms with van der Waals surface area (Å²) < 4.78 is 21.0. The van der Waals surface area contributed by atoms with E-state index in [4.69, 9.17) is 9.72 Å². The van der Waals surface area contributed by atoms with E-state index in [1.165, 1.54) is 6.07 Å². The first-order valence-corrected chi connectivity index (χ1v) is 14.0. The number of nitrogens with one attached hydrogen (secondary N) is 4. The molecule has 0 aliphatic carbocycles. The molecule has 6 heterocycles. The highest BCUT2D eigenvalue weighted by molar-refractivity contribution is 6.00. The standard InChI is InChI=1S/C29H34FN7O2/c30-20-15-19-23(16-24(20)31-7-10-36-11-13-39-14-12-36)35-29(38)26(28-33-21-3-1-2-4-22(21)34-28)27(19)32-25-17-37-8-5-18(25)6-9-37/h1-4,15-16,18,25,31H,5-14,17H2,(H,33,34)(H2,32,35,38)/t25-/m0/s1. The zero-order chi connectivity index (χ0) is 26.3. The van der Waals surface area contributed by atoms with Gasteiger partial charge in [0.1, 0.15) is 17.2 Å². The molecule has 2 bridgehead atoms. The number of aromatic nitrogens is 3. The number of aromatic amines is 2. The number of piperidine rings is 3. The highest BCUT2D eigenvalue weighted by atomic mass is 19.1. The molecule has 2 aromatic heterocycles. The number of hydrogen-bond donors (Lipinski definition) is 4. The predicted molar refractivity (Wildman–Crippen MR) is 152 cm³/mol. The van der Waals surface area contributed by atoms with E-state index >= 15 is 4.39 Å². The molecule has 0 unspecified atom stereocenters. The zero-order valence-electron chi connectivity index (χ0n) is 21.9. The molecule has 0 saturated carbocycles. The number of benzene rings is 2. The van der Waals surface area contributed by atoms with Crippen LogP contribution < -0.4 is 16.2 Å². The number of pyridine rings is 1. The highest BCUT2D eigenvalue weighted by Gasteiger charge is 2.35. The van der Waals surface area contributed by atoms with Gasteiger partial charge in [-0.3, -0.25) is 9.69 Å². The molecule has 0 spiro atoms. The minimum absolute atomic E-state index is 0.190. The van der Waals surface area contributed by atoms with Crippen LogP contribution >= 0.6 is 0 Å². The lowest BCUT2D eigenvalue weighted by atomic mass is 9.83. The normalized spacial score (nSPS) is 23.5. The number of nitrogens with zero attached hydrogens (tertiary/aromatic N) is 3. The third-order valence-corrected chi connectivity index (χ3v) is 8.56. The second-order valence-corrected chi connectivity index (χ2v) is 11.0. The average Bonchev–Trinajstić information content (AvgIpc) is 3.39. The number of morpholine rings is 1. The number of anilines is 2. The molecule has 2 aromatic carbocycles. The Morgan fingerprint density at radius 3 is 2.64 bits per heavy atom. The second-order valence-electron chi connectivity index (χ2n) is 11.0. The van der Waals surface area contributed by atoms with Gasteiger partial charge in [-0.2, -0.15) is 0 Å². The molecule has 4 N–H and O–H groups in total. The van der Waals surface area contributed by atoms with Crippen molar-refractivity contribution in [1.82, 2.24) is 24.8 Å². The largest absolute Gasteiger partial charge is 0.381 e. The number of para-hydroxylation sites is 2. The first kappa shape index (κ1) is 24.6. The molecule has 4 fully saturated rings. The average molecular weight is 532 g/mol. The van der Waals surface area contributed by atoms with E-state index in [9.17, 15) is 4.79 Å². The van der Waals surface area contributed by atoms with Crippen LogP contribution in [0.1, 0.15) is 12.8 Å².